The van der Waals surface area contributed by atoms with Crippen LogP contribution in [-0.2, 0) is 12.8 Å². The third-order valence-electron chi connectivity index (χ3n) is 4.14. The second-order valence-corrected chi connectivity index (χ2v) is 6.61. The fourth-order valence-electron chi connectivity index (χ4n) is 3.08. The lowest BCUT2D eigenvalue weighted by Crippen LogP contribution is -2.38. The monoisotopic (exact) mass is 323 g/mol. The molecule has 116 valence electrons. The fraction of sp³-hybridized carbons (Fsp3) is 0.167. The molecular weight excluding hydrogens is 306 g/mol. The van der Waals surface area contributed by atoms with Crippen LogP contribution in [0.25, 0.3) is 5.69 Å². The van der Waals surface area contributed by atoms with E-state index in [0.717, 1.165) is 23.5 Å². The SMILES string of the molecule is O=C(Nc1sccc1-n1cccc1)NC1Cc2ccccc2C1. The molecular formula is C18H17N3OS. The Balaban J connectivity index is 1.41. The summed E-state index contributed by atoms with van der Waals surface area (Å²) < 4.78 is 2.00. The maximum absolute atomic E-state index is 12.3. The van der Waals surface area contributed by atoms with Gasteiger partial charge in [-0.2, -0.15) is 0 Å². The third kappa shape index (κ3) is 2.87. The quantitative estimate of drug-likeness (QED) is 0.756. The lowest BCUT2D eigenvalue weighted by atomic mass is 10.1. The predicted molar refractivity (Wildman–Crippen MR) is 93.4 cm³/mol. The second-order valence-electron chi connectivity index (χ2n) is 5.70. The Bertz CT molecular complexity index is 797. The predicted octanol–water partition coefficient (Wildman–Crippen LogP) is 3.83. The first-order valence-corrected chi connectivity index (χ1v) is 8.53. The van der Waals surface area contributed by atoms with Crippen molar-refractivity contribution in [2.75, 3.05) is 5.32 Å². The standard InChI is InChI=1S/C18H17N3OS/c22-18(19-15-11-13-5-1-2-6-14(13)12-15)20-17-16(7-10-23-17)21-8-3-4-9-21/h1-10,15H,11-12H2,(H2,19,20,22). The van der Waals surface area contributed by atoms with Crippen LogP contribution >= 0.6 is 11.3 Å². The summed E-state index contributed by atoms with van der Waals surface area (Å²) in [6, 6.07) is 14.4. The van der Waals surface area contributed by atoms with Crippen LogP contribution in [-0.4, -0.2) is 16.6 Å². The number of urea groups is 1. The first kappa shape index (κ1) is 14.1. The molecule has 4 nitrogen and oxygen atoms in total. The average Bonchev–Trinajstić information content (AvgIpc) is 3.26. The molecule has 2 N–H and O–H groups in total. The smallest absolute Gasteiger partial charge is 0.320 e. The summed E-state index contributed by atoms with van der Waals surface area (Å²) in [5.74, 6) is 0. The van der Waals surface area contributed by atoms with E-state index in [1.54, 1.807) is 0 Å². The number of rotatable bonds is 3. The Kier molecular flexibility index (Phi) is 3.63. The minimum absolute atomic E-state index is 0.140. The van der Waals surface area contributed by atoms with Crippen LogP contribution in [0.4, 0.5) is 9.80 Å². The van der Waals surface area contributed by atoms with Gasteiger partial charge in [-0.05, 0) is 47.5 Å². The van der Waals surface area contributed by atoms with Crippen LogP contribution in [0, 0.1) is 0 Å². The van der Waals surface area contributed by atoms with E-state index in [4.69, 9.17) is 0 Å². The number of thiophene rings is 1. The Morgan fingerprint density at radius 3 is 2.43 bits per heavy atom. The van der Waals surface area contributed by atoms with E-state index in [9.17, 15) is 4.79 Å². The van der Waals surface area contributed by atoms with E-state index in [1.165, 1.54) is 22.5 Å². The molecule has 3 aromatic rings. The third-order valence-corrected chi connectivity index (χ3v) is 4.96. The summed E-state index contributed by atoms with van der Waals surface area (Å²) in [6.45, 7) is 0. The number of nitrogens with one attached hydrogen (secondary N) is 2. The zero-order valence-electron chi connectivity index (χ0n) is 12.5. The Morgan fingerprint density at radius 2 is 1.74 bits per heavy atom. The number of nitrogens with zero attached hydrogens (tertiary/aromatic N) is 1. The first-order chi connectivity index (χ1) is 11.3. The van der Waals surface area contributed by atoms with Crippen molar-refractivity contribution in [3.8, 4) is 5.69 Å². The molecule has 0 radical (unpaired) electrons. The van der Waals surface area contributed by atoms with Crippen LogP contribution < -0.4 is 10.6 Å². The van der Waals surface area contributed by atoms with Crippen molar-refractivity contribution in [3.05, 3.63) is 71.4 Å². The van der Waals surface area contributed by atoms with Gasteiger partial charge in [-0.25, -0.2) is 4.79 Å². The Hall–Kier alpha value is -2.53. The number of benzene rings is 1. The van der Waals surface area contributed by atoms with Gasteiger partial charge >= 0.3 is 6.03 Å². The molecule has 0 fully saturated rings. The topological polar surface area (TPSA) is 46.1 Å². The van der Waals surface area contributed by atoms with Gasteiger partial charge in [0.05, 0.1) is 5.69 Å². The number of hydrogen-bond donors (Lipinski definition) is 2. The van der Waals surface area contributed by atoms with Crippen molar-refractivity contribution in [2.24, 2.45) is 0 Å². The van der Waals surface area contributed by atoms with Crippen molar-refractivity contribution in [1.29, 1.82) is 0 Å². The van der Waals surface area contributed by atoms with Crippen molar-refractivity contribution < 1.29 is 4.79 Å². The Labute approximate surface area is 138 Å². The van der Waals surface area contributed by atoms with Gasteiger partial charge in [-0.1, -0.05) is 24.3 Å². The molecule has 2 aromatic heterocycles. The number of aromatic nitrogens is 1. The van der Waals surface area contributed by atoms with Crippen molar-refractivity contribution in [2.45, 2.75) is 18.9 Å². The Morgan fingerprint density at radius 1 is 1.04 bits per heavy atom. The van der Waals surface area contributed by atoms with Gasteiger partial charge < -0.3 is 9.88 Å². The maximum atomic E-state index is 12.3. The highest BCUT2D eigenvalue weighted by Crippen LogP contribution is 2.27. The minimum Gasteiger partial charge on any atom is -0.334 e. The highest BCUT2D eigenvalue weighted by atomic mass is 32.1. The number of carbonyl (C=O) groups is 1. The summed E-state index contributed by atoms with van der Waals surface area (Å²) in [7, 11) is 0. The van der Waals surface area contributed by atoms with Gasteiger partial charge in [0, 0.05) is 18.4 Å². The molecule has 1 aliphatic carbocycles. The number of anilines is 1. The summed E-state index contributed by atoms with van der Waals surface area (Å²) in [4.78, 5) is 12.3. The van der Waals surface area contributed by atoms with E-state index in [1.807, 2.05) is 40.5 Å². The average molecular weight is 323 g/mol. The number of amides is 2. The largest absolute Gasteiger partial charge is 0.334 e. The minimum atomic E-state index is -0.140. The molecule has 0 aliphatic heterocycles. The number of hydrogen-bond acceptors (Lipinski definition) is 2. The van der Waals surface area contributed by atoms with Crippen LogP contribution in [0.1, 0.15) is 11.1 Å². The molecule has 5 heteroatoms. The normalized spacial score (nSPS) is 13.7. The molecule has 4 rings (SSSR count). The van der Waals surface area contributed by atoms with Crippen LogP contribution in [0.3, 0.4) is 0 Å². The van der Waals surface area contributed by atoms with Gasteiger partial charge in [0.15, 0.2) is 0 Å². The van der Waals surface area contributed by atoms with Crippen LogP contribution in [0.5, 0.6) is 0 Å². The highest BCUT2D eigenvalue weighted by Gasteiger charge is 2.22. The fourth-order valence-corrected chi connectivity index (χ4v) is 3.86. The van der Waals surface area contributed by atoms with Crippen molar-refractivity contribution in [1.82, 2.24) is 9.88 Å². The molecule has 0 saturated carbocycles. The molecule has 2 amide bonds. The highest BCUT2D eigenvalue weighted by molar-refractivity contribution is 7.14. The molecule has 1 aliphatic rings. The molecule has 0 unspecified atom stereocenters. The van der Waals surface area contributed by atoms with E-state index >= 15 is 0 Å². The van der Waals surface area contributed by atoms with Gasteiger partial charge in [0.25, 0.3) is 0 Å². The molecule has 2 heterocycles. The van der Waals surface area contributed by atoms with Crippen LogP contribution in [0.2, 0.25) is 0 Å². The molecule has 0 atom stereocenters. The summed E-state index contributed by atoms with van der Waals surface area (Å²) >= 11 is 1.53. The van der Waals surface area contributed by atoms with Gasteiger partial charge in [-0.15, -0.1) is 11.3 Å². The number of fused-ring (bicyclic) bond motifs is 1. The van der Waals surface area contributed by atoms with Crippen molar-refractivity contribution >= 4 is 22.4 Å². The molecule has 0 bridgehead atoms. The summed E-state index contributed by atoms with van der Waals surface area (Å²) in [5.41, 5.74) is 3.66. The van der Waals surface area contributed by atoms with Gasteiger partial charge in [0.2, 0.25) is 0 Å². The van der Waals surface area contributed by atoms with E-state index in [2.05, 4.69) is 34.9 Å². The van der Waals surface area contributed by atoms with Crippen LogP contribution in [0.15, 0.2) is 60.2 Å². The lowest BCUT2D eigenvalue weighted by molar-refractivity contribution is 0.249. The zero-order valence-corrected chi connectivity index (χ0v) is 13.3. The van der Waals surface area contributed by atoms with E-state index < -0.39 is 0 Å². The van der Waals surface area contributed by atoms with E-state index in [-0.39, 0.29) is 12.1 Å². The van der Waals surface area contributed by atoms with E-state index in [0.29, 0.717) is 0 Å². The van der Waals surface area contributed by atoms with Gasteiger partial charge in [-0.3, -0.25) is 5.32 Å². The second kappa shape index (κ2) is 5.93. The van der Waals surface area contributed by atoms with Crippen molar-refractivity contribution in [3.63, 3.8) is 0 Å². The lowest BCUT2D eigenvalue weighted by Gasteiger charge is -2.13. The first-order valence-electron chi connectivity index (χ1n) is 7.65. The van der Waals surface area contributed by atoms with Gasteiger partial charge in [0.1, 0.15) is 5.00 Å². The molecule has 0 saturated heterocycles. The molecule has 0 spiro atoms. The molecule has 23 heavy (non-hydrogen) atoms. The molecule has 1 aromatic carbocycles. The summed E-state index contributed by atoms with van der Waals surface area (Å²) in [6.07, 6.45) is 5.74. The maximum Gasteiger partial charge on any atom is 0.320 e. The number of carbonyl (C=O) groups excluding carboxylic acids is 1. The zero-order chi connectivity index (χ0) is 15.6. The summed E-state index contributed by atoms with van der Waals surface area (Å²) in [5, 5.41) is 8.90.